The average Bonchev–Trinajstić information content (AvgIpc) is 2.76. The number of aryl methyl sites for hydroxylation is 1. The largest absolute Gasteiger partial charge is 0.351 e. The maximum absolute atomic E-state index is 13.3. The maximum Gasteiger partial charge on any atom is 0.243 e. The van der Waals surface area contributed by atoms with Crippen LogP contribution in [-0.2, 0) is 27.9 Å². The normalized spacial score (nSPS) is 11.5. The summed E-state index contributed by atoms with van der Waals surface area (Å²) < 4.78 is 27.8. The third-order valence-corrected chi connectivity index (χ3v) is 7.52. The van der Waals surface area contributed by atoms with E-state index in [9.17, 15) is 13.2 Å². The summed E-state index contributed by atoms with van der Waals surface area (Å²) in [5, 5.41) is 4.02. The molecule has 0 aliphatic rings. The van der Waals surface area contributed by atoms with Crippen molar-refractivity contribution in [2.45, 2.75) is 24.9 Å². The lowest BCUT2D eigenvalue weighted by Gasteiger charge is -2.22. The molecule has 0 aromatic heterocycles. The Balaban J connectivity index is 1.81. The third kappa shape index (κ3) is 6.47. The zero-order valence-corrected chi connectivity index (χ0v) is 20.3. The van der Waals surface area contributed by atoms with E-state index in [-0.39, 0.29) is 24.5 Å². The second-order valence-electron chi connectivity index (χ2n) is 7.24. The van der Waals surface area contributed by atoms with Crippen molar-refractivity contribution < 1.29 is 13.2 Å². The van der Waals surface area contributed by atoms with Crippen LogP contribution in [0.1, 0.15) is 16.7 Å². The SMILES string of the molecule is Cc1ccc(S(=O)(=O)N(CC(=O)NCc2ccc(Cl)cc2)Cc2ccc(Cl)c(Cl)c2)cc1. The number of benzene rings is 3. The molecule has 0 spiro atoms. The number of sulfonamides is 1. The number of halogens is 3. The van der Waals surface area contributed by atoms with E-state index in [0.717, 1.165) is 15.4 Å². The van der Waals surface area contributed by atoms with Crippen LogP contribution in [0.2, 0.25) is 15.1 Å². The van der Waals surface area contributed by atoms with Crippen molar-refractivity contribution in [1.29, 1.82) is 0 Å². The highest BCUT2D eigenvalue weighted by Crippen LogP contribution is 2.25. The minimum atomic E-state index is -3.94. The molecule has 3 aromatic carbocycles. The van der Waals surface area contributed by atoms with Gasteiger partial charge in [0.05, 0.1) is 21.5 Å². The van der Waals surface area contributed by atoms with Crippen molar-refractivity contribution in [1.82, 2.24) is 9.62 Å². The molecule has 0 saturated carbocycles. The molecular weight excluding hydrogens is 491 g/mol. The second kappa shape index (κ2) is 10.7. The minimum Gasteiger partial charge on any atom is -0.351 e. The van der Waals surface area contributed by atoms with E-state index in [4.69, 9.17) is 34.8 Å². The molecule has 3 aromatic rings. The molecular formula is C23H21Cl3N2O3S. The zero-order valence-electron chi connectivity index (χ0n) is 17.2. The van der Waals surface area contributed by atoms with Gasteiger partial charge in [-0.3, -0.25) is 4.79 Å². The highest BCUT2D eigenvalue weighted by atomic mass is 35.5. The molecule has 9 heteroatoms. The standard InChI is InChI=1S/C23H21Cl3N2O3S/c1-16-2-9-20(10-3-16)32(30,31)28(14-18-6-11-21(25)22(26)12-18)15-23(29)27-13-17-4-7-19(24)8-5-17/h2-12H,13-15H2,1H3,(H,27,29). The van der Waals surface area contributed by atoms with Crippen molar-refractivity contribution in [2.24, 2.45) is 0 Å². The molecule has 1 amide bonds. The predicted molar refractivity (Wildman–Crippen MR) is 129 cm³/mol. The molecule has 0 aliphatic carbocycles. The number of nitrogens with zero attached hydrogens (tertiary/aromatic N) is 1. The molecule has 5 nitrogen and oxygen atoms in total. The predicted octanol–water partition coefficient (Wildman–Crippen LogP) is 5.46. The molecule has 1 N–H and O–H groups in total. The highest BCUT2D eigenvalue weighted by molar-refractivity contribution is 7.89. The van der Waals surface area contributed by atoms with Crippen molar-refractivity contribution >= 4 is 50.7 Å². The number of hydrogen-bond acceptors (Lipinski definition) is 3. The number of hydrogen-bond donors (Lipinski definition) is 1. The summed E-state index contributed by atoms with van der Waals surface area (Å²) in [7, 11) is -3.94. The molecule has 0 heterocycles. The molecule has 3 rings (SSSR count). The van der Waals surface area contributed by atoms with Gasteiger partial charge in [0.15, 0.2) is 0 Å². The molecule has 168 valence electrons. The van der Waals surface area contributed by atoms with E-state index in [1.54, 1.807) is 54.6 Å². The number of rotatable bonds is 8. The van der Waals surface area contributed by atoms with Crippen molar-refractivity contribution in [3.8, 4) is 0 Å². The molecule has 0 fully saturated rings. The van der Waals surface area contributed by atoms with Crippen LogP contribution in [0.15, 0.2) is 71.6 Å². The van der Waals surface area contributed by atoms with E-state index in [1.807, 2.05) is 6.92 Å². The van der Waals surface area contributed by atoms with E-state index < -0.39 is 15.9 Å². The Hall–Kier alpha value is -2.09. The summed E-state index contributed by atoms with van der Waals surface area (Å²) in [5.41, 5.74) is 2.39. The summed E-state index contributed by atoms with van der Waals surface area (Å²) in [4.78, 5) is 12.8. The van der Waals surface area contributed by atoms with Crippen LogP contribution in [0.25, 0.3) is 0 Å². The third-order valence-electron chi connectivity index (χ3n) is 4.72. The van der Waals surface area contributed by atoms with Crippen molar-refractivity contribution in [2.75, 3.05) is 6.54 Å². The summed E-state index contributed by atoms with van der Waals surface area (Å²) >= 11 is 17.9. The van der Waals surface area contributed by atoms with Gasteiger partial charge in [-0.1, -0.05) is 70.7 Å². The van der Waals surface area contributed by atoms with E-state index in [1.165, 1.54) is 12.1 Å². The van der Waals surface area contributed by atoms with Crippen LogP contribution in [-0.4, -0.2) is 25.2 Å². The van der Waals surface area contributed by atoms with E-state index >= 15 is 0 Å². The quantitative estimate of drug-likeness (QED) is 0.436. The van der Waals surface area contributed by atoms with Crippen molar-refractivity contribution in [3.05, 3.63) is 98.5 Å². The number of carbonyl (C=O) groups excluding carboxylic acids is 1. The van der Waals surface area contributed by atoms with Gasteiger partial charge in [0, 0.05) is 18.1 Å². The first kappa shape index (κ1) is 24.6. The van der Waals surface area contributed by atoms with Crippen LogP contribution in [0, 0.1) is 6.92 Å². The monoisotopic (exact) mass is 510 g/mol. The number of amides is 1. The minimum absolute atomic E-state index is 0.0402. The molecule has 0 saturated heterocycles. The van der Waals surface area contributed by atoms with Gasteiger partial charge in [-0.15, -0.1) is 0 Å². The van der Waals surface area contributed by atoms with Gasteiger partial charge in [0.2, 0.25) is 15.9 Å². The van der Waals surface area contributed by atoms with Crippen LogP contribution < -0.4 is 5.32 Å². The Morgan fingerprint density at radius 2 is 1.50 bits per heavy atom. The van der Waals surface area contributed by atoms with Crippen molar-refractivity contribution in [3.63, 3.8) is 0 Å². The fraction of sp³-hybridized carbons (Fsp3) is 0.174. The van der Waals surface area contributed by atoms with Gasteiger partial charge < -0.3 is 5.32 Å². The van der Waals surface area contributed by atoms with Gasteiger partial charge in [0.25, 0.3) is 0 Å². The van der Waals surface area contributed by atoms with Gasteiger partial charge in [0.1, 0.15) is 0 Å². The Kier molecular flexibility index (Phi) is 8.20. The summed E-state index contributed by atoms with van der Waals surface area (Å²) in [6.45, 7) is 1.72. The smallest absolute Gasteiger partial charge is 0.243 e. The van der Waals surface area contributed by atoms with Crippen LogP contribution in [0.4, 0.5) is 0 Å². The second-order valence-corrected chi connectivity index (χ2v) is 10.4. The Morgan fingerprint density at radius 3 is 2.12 bits per heavy atom. The first-order valence-electron chi connectivity index (χ1n) is 9.67. The topological polar surface area (TPSA) is 66.5 Å². The molecule has 0 unspecified atom stereocenters. The fourth-order valence-corrected chi connectivity index (χ4v) is 4.78. The zero-order chi connectivity index (χ0) is 23.3. The van der Waals surface area contributed by atoms with Crippen LogP contribution >= 0.6 is 34.8 Å². The number of nitrogens with one attached hydrogen (secondary N) is 1. The lowest BCUT2D eigenvalue weighted by Crippen LogP contribution is -2.40. The molecule has 0 radical (unpaired) electrons. The van der Waals surface area contributed by atoms with E-state index in [2.05, 4.69) is 5.32 Å². The Labute approximate surface area is 203 Å². The molecule has 0 aliphatic heterocycles. The fourth-order valence-electron chi connectivity index (χ4n) is 2.95. The number of carbonyl (C=O) groups is 1. The first-order chi connectivity index (χ1) is 15.1. The lowest BCUT2D eigenvalue weighted by molar-refractivity contribution is -0.121. The van der Waals surface area contributed by atoms with Gasteiger partial charge >= 0.3 is 0 Å². The lowest BCUT2D eigenvalue weighted by atomic mass is 10.2. The van der Waals surface area contributed by atoms with Crippen LogP contribution in [0.3, 0.4) is 0 Å². The Bertz CT molecular complexity index is 1200. The molecule has 32 heavy (non-hydrogen) atoms. The maximum atomic E-state index is 13.3. The highest BCUT2D eigenvalue weighted by Gasteiger charge is 2.27. The van der Waals surface area contributed by atoms with E-state index in [0.29, 0.717) is 20.6 Å². The van der Waals surface area contributed by atoms with Crippen LogP contribution in [0.5, 0.6) is 0 Å². The van der Waals surface area contributed by atoms with Gasteiger partial charge in [-0.25, -0.2) is 8.42 Å². The Morgan fingerprint density at radius 1 is 0.875 bits per heavy atom. The average molecular weight is 512 g/mol. The molecule has 0 atom stereocenters. The van der Waals surface area contributed by atoms with Gasteiger partial charge in [-0.05, 0) is 54.4 Å². The summed E-state index contributed by atoms with van der Waals surface area (Å²) in [6.07, 6.45) is 0. The first-order valence-corrected chi connectivity index (χ1v) is 12.2. The molecule has 0 bridgehead atoms. The summed E-state index contributed by atoms with van der Waals surface area (Å²) in [6, 6.07) is 18.4. The van der Waals surface area contributed by atoms with Gasteiger partial charge in [-0.2, -0.15) is 4.31 Å². The summed E-state index contributed by atoms with van der Waals surface area (Å²) in [5.74, 6) is -0.435.